The summed E-state index contributed by atoms with van der Waals surface area (Å²) in [5.41, 5.74) is -1.58. The Hall–Kier alpha value is -1.83. The summed E-state index contributed by atoms with van der Waals surface area (Å²) in [5, 5.41) is 11.7. The summed E-state index contributed by atoms with van der Waals surface area (Å²) in [6.07, 6.45) is -4.26. The fourth-order valence-electron chi connectivity index (χ4n) is 2.16. The van der Waals surface area contributed by atoms with Gasteiger partial charge >= 0.3 is 12.2 Å². The van der Waals surface area contributed by atoms with Crippen molar-refractivity contribution in [3.63, 3.8) is 0 Å². The lowest BCUT2D eigenvalue weighted by Crippen LogP contribution is -2.44. The highest BCUT2D eigenvalue weighted by Crippen LogP contribution is 2.33. The second-order valence-electron chi connectivity index (χ2n) is 4.86. The fourth-order valence-corrected chi connectivity index (χ4v) is 2.16. The van der Waals surface area contributed by atoms with Gasteiger partial charge in [0.2, 0.25) is 0 Å². The van der Waals surface area contributed by atoms with Crippen LogP contribution in [0.2, 0.25) is 0 Å². The molecule has 0 spiro atoms. The highest BCUT2D eigenvalue weighted by Gasteiger charge is 2.34. The largest absolute Gasteiger partial charge is 0.419 e. The van der Waals surface area contributed by atoms with Crippen molar-refractivity contribution in [1.29, 1.82) is 0 Å². The summed E-state index contributed by atoms with van der Waals surface area (Å²) < 4.78 is 50.9. The molecule has 0 radical (unpaired) electrons. The molecule has 1 saturated heterocycles. The summed E-state index contributed by atoms with van der Waals surface area (Å²) >= 11 is 0. The molecule has 116 valence electrons. The van der Waals surface area contributed by atoms with Gasteiger partial charge in [-0.05, 0) is 31.0 Å². The standard InChI is InChI=1S/C13H14F4N2O2/c14-11-4-3-8(6-10(11)13(15,16)17)18-12(21)19-5-1-2-9(20)7-19/h3-4,6,9,20H,1-2,5,7H2,(H,18,21)/t9-/m1/s1. The van der Waals surface area contributed by atoms with Crippen molar-refractivity contribution in [1.82, 2.24) is 4.90 Å². The van der Waals surface area contributed by atoms with Crippen LogP contribution in [0.15, 0.2) is 18.2 Å². The van der Waals surface area contributed by atoms with E-state index in [9.17, 15) is 27.5 Å². The topological polar surface area (TPSA) is 52.6 Å². The third kappa shape index (κ3) is 3.84. The summed E-state index contributed by atoms with van der Waals surface area (Å²) in [5.74, 6) is -1.39. The van der Waals surface area contributed by atoms with Crippen molar-refractivity contribution in [2.45, 2.75) is 25.1 Å². The number of halogens is 4. The molecule has 1 atom stereocenters. The zero-order valence-corrected chi connectivity index (χ0v) is 11.0. The van der Waals surface area contributed by atoms with Crippen LogP contribution in [0.3, 0.4) is 0 Å². The Kier molecular flexibility index (Phi) is 4.36. The molecule has 21 heavy (non-hydrogen) atoms. The van der Waals surface area contributed by atoms with Crippen LogP contribution in [-0.4, -0.2) is 35.2 Å². The van der Waals surface area contributed by atoms with Crippen molar-refractivity contribution in [3.8, 4) is 0 Å². The molecule has 1 aromatic carbocycles. The van der Waals surface area contributed by atoms with Crippen molar-refractivity contribution in [3.05, 3.63) is 29.6 Å². The number of carbonyl (C=O) groups excluding carboxylic acids is 1. The van der Waals surface area contributed by atoms with Crippen LogP contribution >= 0.6 is 0 Å². The summed E-state index contributed by atoms with van der Waals surface area (Å²) in [6, 6.07) is 1.65. The van der Waals surface area contributed by atoms with Gasteiger partial charge in [-0.3, -0.25) is 0 Å². The number of alkyl halides is 3. The number of amides is 2. The van der Waals surface area contributed by atoms with Crippen LogP contribution in [0.4, 0.5) is 28.0 Å². The molecule has 1 aliphatic rings. The smallest absolute Gasteiger partial charge is 0.391 e. The number of hydrogen-bond donors (Lipinski definition) is 2. The molecule has 2 rings (SSSR count). The van der Waals surface area contributed by atoms with Crippen molar-refractivity contribution < 1.29 is 27.5 Å². The van der Waals surface area contributed by atoms with E-state index in [1.165, 1.54) is 4.90 Å². The molecule has 0 aliphatic carbocycles. The van der Waals surface area contributed by atoms with E-state index >= 15 is 0 Å². The van der Waals surface area contributed by atoms with Crippen LogP contribution < -0.4 is 5.32 Å². The number of benzene rings is 1. The van der Waals surface area contributed by atoms with Gasteiger partial charge in [0.25, 0.3) is 0 Å². The number of carbonyl (C=O) groups is 1. The van der Waals surface area contributed by atoms with Gasteiger partial charge in [0.05, 0.1) is 11.7 Å². The molecular formula is C13H14F4N2O2. The highest BCUT2D eigenvalue weighted by molar-refractivity contribution is 5.89. The maximum absolute atomic E-state index is 13.1. The Morgan fingerprint density at radius 1 is 1.38 bits per heavy atom. The predicted molar refractivity (Wildman–Crippen MR) is 67.2 cm³/mol. The van der Waals surface area contributed by atoms with Gasteiger partial charge in [0.15, 0.2) is 0 Å². The molecule has 1 aromatic rings. The maximum Gasteiger partial charge on any atom is 0.419 e. The lowest BCUT2D eigenvalue weighted by Gasteiger charge is -2.30. The minimum atomic E-state index is -4.83. The van der Waals surface area contributed by atoms with Gasteiger partial charge in [0.1, 0.15) is 5.82 Å². The second kappa shape index (κ2) is 5.88. The maximum atomic E-state index is 13.1. The van der Waals surface area contributed by atoms with Crippen LogP contribution in [0.25, 0.3) is 0 Å². The number of urea groups is 1. The van der Waals surface area contributed by atoms with E-state index in [1.54, 1.807) is 0 Å². The summed E-state index contributed by atoms with van der Waals surface area (Å²) in [6.45, 7) is 0.537. The number of hydrogen-bond acceptors (Lipinski definition) is 2. The van der Waals surface area contributed by atoms with Crippen LogP contribution in [0.1, 0.15) is 18.4 Å². The Balaban J connectivity index is 2.11. The monoisotopic (exact) mass is 306 g/mol. The number of rotatable bonds is 1. The number of aliphatic hydroxyl groups is 1. The van der Waals surface area contributed by atoms with Gasteiger partial charge in [-0.1, -0.05) is 0 Å². The molecule has 8 heteroatoms. The molecule has 0 bridgehead atoms. The third-order valence-corrected chi connectivity index (χ3v) is 3.21. The van der Waals surface area contributed by atoms with Crippen LogP contribution in [0.5, 0.6) is 0 Å². The van der Waals surface area contributed by atoms with E-state index in [0.29, 0.717) is 31.5 Å². The van der Waals surface area contributed by atoms with Crippen LogP contribution in [0, 0.1) is 5.82 Å². The molecular weight excluding hydrogens is 292 g/mol. The Labute approximate surface area is 118 Å². The Morgan fingerprint density at radius 3 is 2.71 bits per heavy atom. The Morgan fingerprint density at radius 2 is 2.10 bits per heavy atom. The fraction of sp³-hybridized carbons (Fsp3) is 0.462. The quantitative estimate of drug-likeness (QED) is 0.784. The van der Waals surface area contributed by atoms with Crippen molar-refractivity contribution >= 4 is 11.7 Å². The molecule has 0 saturated carbocycles. The summed E-state index contributed by atoms with van der Waals surface area (Å²) in [7, 11) is 0. The van der Waals surface area contributed by atoms with Crippen molar-refractivity contribution in [2.24, 2.45) is 0 Å². The van der Waals surface area contributed by atoms with Crippen LogP contribution in [-0.2, 0) is 6.18 Å². The normalized spacial score (nSPS) is 19.5. The van der Waals surface area contributed by atoms with E-state index in [-0.39, 0.29) is 12.2 Å². The number of likely N-dealkylation sites (tertiary alicyclic amines) is 1. The summed E-state index contributed by atoms with van der Waals surface area (Å²) in [4.78, 5) is 13.2. The number of aliphatic hydroxyl groups excluding tert-OH is 1. The first-order chi connectivity index (χ1) is 9.77. The second-order valence-corrected chi connectivity index (χ2v) is 4.86. The number of nitrogens with one attached hydrogen (secondary N) is 1. The molecule has 4 nitrogen and oxygen atoms in total. The van der Waals surface area contributed by atoms with Gasteiger partial charge < -0.3 is 15.3 Å². The number of piperidine rings is 1. The molecule has 1 fully saturated rings. The van der Waals surface area contributed by atoms with Gasteiger partial charge in [0, 0.05) is 18.8 Å². The molecule has 1 aliphatic heterocycles. The van der Waals surface area contributed by atoms with E-state index in [1.807, 2.05) is 0 Å². The number of anilines is 1. The average Bonchev–Trinajstić information content (AvgIpc) is 2.39. The van der Waals surface area contributed by atoms with Gasteiger partial charge in [-0.25, -0.2) is 9.18 Å². The first-order valence-electron chi connectivity index (χ1n) is 6.38. The Bertz CT molecular complexity index is 533. The zero-order chi connectivity index (χ0) is 15.6. The molecule has 1 heterocycles. The SMILES string of the molecule is O=C(Nc1ccc(F)c(C(F)(F)F)c1)N1CCC[C@@H](O)C1. The van der Waals surface area contributed by atoms with E-state index in [4.69, 9.17) is 0 Å². The molecule has 0 unspecified atom stereocenters. The molecule has 0 aromatic heterocycles. The first kappa shape index (κ1) is 15.6. The lowest BCUT2D eigenvalue weighted by atomic mass is 10.1. The third-order valence-electron chi connectivity index (χ3n) is 3.21. The molecule has 2 N–H and O–H groups in total. The zero-order valence-electron chi connectivity index (χ0n) is 11.0. The van der Waals surface area contributed by atoms with Crippen molar-refractivity contribution in [2.75, 3.05) is 18.4 Å². The highest BCUT2D eigenvalue weighted by atomic mass is 19.4. The minimum Gasteiger partial charge on any atom is -0.391 e. The molecule has 2 amide bonds. The first-order valence-corrected chi connectivity index (χ1v) is 6.38. The lowest BCUT2D eigenvalue weighted by molar-refractivity contribution is -0.139. The minimum absolute atomic E-state index is 0.124. The van der Waals surface area contributed by atoms with Gasteiger partial charge in [-0.15, -0.1) is 0 Å². The predicted octanol–water partition coefficient (Wildman–Crippen LogP) is 2.83. The van der Waals surface area contributed by atoms with E-state index in [0.717, 1.165) is 6.07 Å². The van der Waals surface area contributed by atoms with E-state index < -0.39 is 29.7 Å². The number of nitrogens with zero attached hydrogens (tertiary/aromatic N) is 1. The van der Waals surface area contributed by atoms with Gasteiger partial charge in [-0.2, -0.15) is 13.2 Å². The number of β-amino-alcohol motifs (C(OH)–C–C–N with tert-alkyl or cyclic N) is 1. The average molecular weight is 306 g/mol. The van der Waals surface area contributed by atoms with E-state index in [2.05, 4.69) is 5.32 Å².